The molecule has 1 aliphatic carbocycles. The average molecular weight is 457 g/mol. The van der Waals surface area contributed by atoms with E-state index < -0.39 is 35.1 Å². The summed E-state index contributed by atoms with van der Waals surface area (Å²) in [5.41, 5.74) is -0.608. The molecule has 1 atom stereocenters. The highest BCUT2D eigenvalue weighted by Crippen LogP contribution is 2.38. The fraction of sp³-hybridized carbons (Fsp3) is 0.409. The molecular formula is C22H24FN5O5. The molecule has 0 saturated carbocycles. The zero-order valence-electron chi connectivity index (χ0n) is 18.7. The van der Waals surface area contributed by atoms with Gasteiger partial charge in [0.1, 0.15) is 22.8 Å². The van der Waals surface area contributed by atoms with Crippen molar-refractivity contribution >= 4 is 23.5 Å². The molecule has 33 heavy (non-hydrogen) atoms. The number of aromatic nitrogens is 4. The molecule has 3 aromatic heterocycles. The van der Waals surface area contributed by atoms with Crippen molar-refractivity contribution < 1.29 is 23.5 Å². The van der Waals surface area contributed by atoms with Crippen LogP contribution in [0.1, 0.15) is 61.6 Å². The summed E-state index contributed by atoms with van der Waals surface area (Å²) in [6.07, 6.45) is 3.70. The summed E-state index contributed by atoms with van der Waals surface area (Å²) in [7, 11) is 0. The van der Waals surface area contributed by atoms with Gasteiger partial charge in [-0.3, -0.25) is 9.69 Å². The van der Waals surface area contributed by atoms with Gasteiger partial charge in [-0.25, -0.2) is 23.5 Å². The first kappa shape index (κ1) is 22.4. The lowest BCUT2D eigenvalue weighted by molar-refractivity contribution is 0.0526. The maximum Gasteiger partial charge on any atom is 0.416 e. The predicted octanol–water partition coefficient (Wildman–Crippen LogP) is 3.16. The van der Waals surface area contributed by atoms with Crippen molar-refractivity contribution in [1.82, 2.24) is 19.6 Å². The molecule has 3 heterocycles. The Morgan fingerprint density at radius 3 is 2.82 bits per heavy atom. The van der Waals surface area contributed by atoms with E-state index in [9.17, 15) is 18.8 Å². The number of H-pyrrole nitrogens is 1. The van der Waals surface area contributed by atoms with Crippen molar-refractivity contribution in [1.29, 1.82) is 0 Å². The Bertz CT molecular complexity index is 1290. The first-order chi connectivity index (χ1) is 15.6. The topological polar surface area (TPSA) is 119 Å². The van der Waals surface area contributed by atoms with Crippen LogP contribution in [-0.4, -0.2) is 43.9 Å². The van der Waals surface area contributed by atoms with Crippen LogP contribution in [-0.2, 0) is 15.9 Å². The van der Waals surface area contributed by atoms with Gasteiger partial charge in [-0.15, -0.1) is 0 Å². The Hall–Kier alpha value is -3.76. The van der Waals surface area contributed by atoms with Crippen LogP contribution in [0.2, 0.25) is 0 Å². The molecule has 0 aliphatic heterocycles. The Balaban J connectivity index is 1.86. The number of carbonyl (C=O) groups excluding carboxylic acids is 2. The van der Waals surface area contributed by atoms with Crippen molar-refractivity contribution in [2.45, 2.75) is 52.2 Å². The zero-order chi connectivity index (χ0) is 23.9. The third-order valence-corrected chi connectivity index (χ3v) is 5.19. The Labute approximate surface area is 188 Å². The monoisotopic (exact) mass is 457 g/mol. The van der Waals surface area contributed by atoms with Crippen LogP contribution in [0.25, 0.3) is 5.65 Å². The number of fused-ring (bicyclic) bond motifs is 2. The maximum absolute atomic E-state index is 14.4. The molecule has 1 amide bonds. The fourth-order valence-electron chi connectivity index (χ4n) is 3.89. The molecule has 0 spiro atoms. The zero-order valence-corrected chi connectivity index (χ0v) is 18.7. The van der Waals surface area contributed by atoms with Crippen molar-refractivity contribution in [3.63, 3.8) is 0 Å². The van der Waals surface area contributed by atoms with E-state index in [1.54, 1.807) is 27.7 Å². The van der Waals surface area contributed by atoms with E-state index >= 15 is 0 Å². The van der Waals surface area contributed by atoms with Gasteiger partial charge in [0, 0.05) is 23.5 Å². The van der Waals surface area contributed by atoms with Crippen LogP contribution in [0.15, 0.2) is 29.5 Å². The Kier molecular flexibility index (Phi) is 5.64. The van der Waals surface area contributed by atoms with Crippen molar-refractivity contribution in [3.05, 3.63) is 57.5 Å². The second kappa shape index (κ2) is 8.30. The number of hydrogen-bond acceptors (Lipinski definition) is 7. The molecule has 3 aromatic rings. The van der Waals surface area contributed by atoms with Crippen LogP contribution < -0.4 is 10.5 Å². The van der Waals surface area contributed by atoms with Crippen LogP contribution in [0.3, 0.4) is 0 Å². The van der Waals surface area contributed by atoms with Gasteiger partial charge >= 0.3 is 12.1 Å². The molecule has 10 nitrogen and oxygen atoms in total. The summed E-state index contributed by atoms with van der Waals surface area (Å²) in [6, 6.07) is 0.711. The van der Waals surface area contributed by atoms with Crippen molar-refractivity contribution in [3.8, 4) is 0 Å². The van der Waals surface area contributed by atoms with Gasteiger partial charge in [-0.05, 0) is 46.6 Å². The summed E-state index contributed by atoms with van der Waals surface area (Å²) in [4.78, 5) is 46.3. The summed E-state index contributed by atoms with van der Waals surface area (Å²) in [6.45, 7) is 6.99. The van der Waals surface area contributed by atoms with Crippen LogP contribution >= 0.6 is 0 Å². The highest BCUT2D eigenvalue weighted by atomic mass is 19.1. The first-order valence-electron chi connectivity index (χ1n) is 10.5. The van der Waals surface area contributed by atoms with Crippen LogP contribution in [0.4, 0.5) is 15.0 Å². The van der Waals surface area contributed by atoms with E-state index in [1.807, 2.05) is 0 Å². The molecule has 0 fully saturated rings. The maximum atomic E-state index is 14.4. The van der Waals surface area contributed by atoms with Gasteiger partial charge in [0.15, 0.2) is 5.65 Å². The second-order valence-corrected chi connectivity index (χ2v) is 8.60. The lowest BCUT2D eigenvalue weighted by atomic mass is 10.1. The summed E-state index contributed by atoms with van der Waals surface area (Å²) >= 11 is 0. The summed E-state index contributed by atoms with van der Waals surface area (Å²) in [5, 5.41) is 4.10. The number of halogens is 1. The number of nitrogens with zero attached hydrogens (tertiary/aromatic N) is 4. The largest absolute Gasteiger partial charge is 0.462 e. The minimum atomic E-state index is -0.831. The van der Waals surface area contributed by atoms with Gasteiger partial charge in [-0.1, -0.05) is 0 Å². The highest BCUT2D eigenvalue weighted by Gasteiger charge is 2.39. The third kappa shape index (κ3) is 4.18. The first-order valence-corrected chi connectivity index (χ1v) is 10.5. The number of carbonyl (C=O) groups is 2. The van der Waals surface area contributed by atoms with E-state index in [2.05, 4.69) is 15.1 Å². The Morgan fingerprint density at radius 1 is 1.36 bits per heavy atom. The standard InChI is InChI=1S/C22H24FN5O5/c1-5-32-20(30)13-10-25-27-9-8-16(26-18(13)27)28(21(31)33-22(2,3)4)15-7-6-12-14(23)11-24-19(29)17(12)15/h8-11,15H,5-7H2,1-4H3,(H,24,29). The number of rotatable bonds is 4. The van der Waals surface area contributed by atoms with Gasteiger partial charge in [0.05, 0.1) is 18.8 Å². The number of aromatic amines is 1. The fourth-order valence-corrected chi connectivity index (χ4v) is 3.89. The molecule has 1 unspecified atom stereocenters. The minimum Gasteiger partial charge on any atom is -0.462 e. The molecule has 174 valence electrons. The van der Waals surface area contributed by atoms with Gasteiger partial charge in [-0.2, -0.15) is 5.10 Å². The molecule has 1 aliphatic rings. The molecule has 1 N–H and O–H groups in total. The number of amides is 1. The van der Waals surface area contributed by atoms with Crippen LogP contribution in [0, 0.1) is 5.82 Å². The molecule has 11 heteroatoms. The smallest absolute Gasteiger partial charge is 0.416 e. The average Bonchev–Trinajstić information content (AvgIpc) is 3.35. The lowest BCUT2D eigenvalue weighted by Gasteiger charge is -2.31. The molecular weight excluding hydrogens is 433 g/mol. The van der Waals surface area contributed by atoms with Gasteiger partial charge < -0.3 is 14.5 Å². The van der Waals surface area contributed by atoms with E-state index in [0.29, 0.717) is 6.42 Å². The van der Waals surface area contributed by atoms with Crippen molar-refractivity contribution in [2.75, 3.05) is 11.5 Å². The molecule has 0 saturated heterocycles. The molecule has 0 aromatic carbocycles. The number of ether oxygens (including phenoxy) is 2. The number of nitrogens with one attached hydrogen (secondary N) is 1. The van der Waals surface area contributed by atoms with Crippen molar-refractivity contribution in [2.24, 2.45) is 0 Å². The SMILES string of the molecule is CCOC(=O)c1cnn2ccc(N(C(=O)OC(C)(C)C)C3CCc4c(F)c[nH]c(=O)c43)nc12. The molecule has 4 rings (SSSR count). The predicted molar refractivity (Wildman–Crippen MR) is 116 cm³/mol. The van der Waals surface area contributed by atoms with Gasteiger partial charge in [0.25, 0.3) is 5.56 Å². The summed E-state index contributed by atoms with van der Waals surface area (Å²) < 4.78 is 26.4. The van der Waals surface area contributed by atoms with Gasteiger partial charge in [0.2, 0.25) is 0 Å². The quantitative estimate of drug-likeness (QED) is 0.598. The normalized spacial score (nSPS) is 15.4. The van der Waals surface area contributed by atoms with E-state index in [-0.39, 0.29) is 41.2 Å². The Morgan fingerprint density at radius 2 is 2.12 bits per heavy atom. The number of pyridine rings is 1. The number of hydrogen-bond donors (Lipinski definition) is 1. The third-order valence-electron chi connectivity index (χ3n) is 5.19. The lowest BCUT2D eigenvalue weighted by Crippen LogP contribution is -2.40. The molecule has 0 radical (unpaired) electrons. The van der Waals surface area contributed by atoms with Crippen LogP contribution in [0.5, 0.6) is 0 Å². The second-order valence-electron chi connectivity index (χ2n) is 8.60. The van der Waals surface area contributed by atoms with E-state index in [4.69, 9.17) is 9.47 Å². The number of anilines is 1. The van der Waals surface area contributed by atoms with E-state index in [0.717, 1.165) is 6.20 Å². The minimum absolute atomic E-state index is 0.124. The number of esters is 1. The summed E-state index contributed by atoms with van der Waals surface area (Å²) in [5.74, 6) is -1.02. The molecule has 0 bridgehead atoms. The van der Waals surface area contributed by atoms with E-state index in [1.165, 1.54) is 27.9 Å². The highest BCUT2D eigenvalue weighted by molar-refractivity contribution is 5.96.